The molecular formula is C57H112N2O6. The van der Waals surface area contributed by atoms with Crippen molar-refractivity contribution >= 4 is 17.9 Å². The molecule has 0 amide bonds. The van der Waals surface area contributed by atoms with Crippen molar-refractivity contribution in [3.05, 3.63) is 42.5 Å². The Bertz CT molecular complexity index is 1110. The van der Waals surface area contributed by atoms with Crippen LogP contribution in [0.15, 0.2) is 36.7 Å². The first-order valence-corrected chi connectivity index (χ1v) is 27.4. The lowest BCUT2D eigenvalue weighted by atomic mass is 10.0. The van der Waals surface area contributed by atoms with Gasteiger partial charge in [0.1, 0.15) is 18.5 Å². The van der Waals surface area contributed by atoms with Gasteiger partial charge in [0.05, 0.1) is 6.61 Å². The summed E-state index contributed by atoms with van der Waals surface area (Å²) >= 11 is 0. The lowest BCUT2D eigenvalue weighted by molar-refractivity contribution is -0.150. The van der Waals surface area contributed by atoms with Crippen LogP contribution in [0, 0.1) is 6.92 Å². The van der Waals surface area contributed by atoms with Crippen LogP contribution in [-0.4, -0.2) is 46.8 Å². The maximum Gasteiger partial charge on any atom is 0.306 e. The van der Waals surface area contributed by atoms with E-state index in [0.717, 1.165) is 95.8 Å². The van der Waals surface area contributed by atoms with E-state index in [1.54, 1.807) is 6.20 Å². The number of esters is 3. The van der Waals surface area contributed by atoms with Crippen LogP contribution in [0.2, 0.25) is 0 Å². The molecule has 0 N–H and O–H groups in total. The molecule has 0 saturated carbocycles. The van der Waals surface area contributed by atoms with Crippen LogP contribution >= 0.6 is 0 Å². The van der Waals surface area contributed by atoms with Gasteiger partial charge in [0.25, 0.3) is 0 Å². The molecule has 1 atom stereocenters. The number of nitrogens with zero attached hydrogens (tertiary/aromatic N) is 2. The summed E-state index contributed by atoms with van der Waals surface area (Å²) in [7, 11) is 0. The van der Waals surface area contributed by atoms with E-state index in [1.165, 1.54) is 89.9 Å². The minimum Gasteiger partial charge on any atom is -0.466 e. The fourth-order valence-electron chi connectivity index (χ4n) is 6.43. The molecule has 0 saturated heterocycles. The van der Waals surface area contributed by atoms with E-state index >= 15 is 0 Å². The van der Waals surface area contributed by atoms with Gasteiger partial charge in [0.2, 0.25) is 0 Å². The lowest BCUT2D eigenvalue weighted by Crippen LogP contribution is -2.17. The summed E-state index contributed by atoms with van der Waals surface area (Å²) in [6.45, 7) is 28.7. The maximum absolute atomic E-state index is 12.0. The number of aromatic nitrogens is 2. The van der Waals surface area contributed by atoms with Crippen LogP contribution < -0.4 is 0 Å². The van der Waals surface area contributed by atoms with E-state index in [1.807, 2.05) is 60.7 Å². The molecule has 1 rings (SSSR count). The molecule has 1 unspecified atom stereocenters. The zero-order valence-electron chi connectivity index (χ0n) is 45.7. The van der Waals surface area contributed by atoms with Gasteiger partial charge in [0, 0.05) is 38.2 Å². The van der Waals surface area contributed by atoms with E-state index in [0.29, 0.717) is 32.5 Å². The molecule has 0 aliphatic carbocycles. The number of carbonyl (C=O) groups excluding carboxylic acids is 3. The molecule has 1 aromatic heterocycles. The van der Waals surface area contributed by atoms with Crippen molar-refractivity contribution in [3.8, 4) is 0 Å². The van der Waals surface area contributed by atoms with Crippen molar-refractivity contribution in [1.29, 1.82) is 0 Å². The summed E-state index contributed by atoms with van der Waals surface area (Å²) < 4.78 is 17.8. The first-order chi connectivity index (χ1) is 31.7. The Morgan fingerprint density at radius 3 is 1.46 bits per heavy atom. The van der Waals surface area contributed by atoms with Gasteiger partial charge in [0.15, 0.2) is 0 Å². The molecule has 8 heteroatoms. The van der Waals surface area contributed by atoms with E-state index in [9.17, 15) is 14.4 Å². The Morgan fingerprint density at radius 1 is 0.569 bits per heavy atom. The number of hydrogen-bond acceptors (Lipinski definition) is 7. The third-order valence-corrected chi connectivity index (χ3v) is 10.3. The van der Waals surface area contributed by atoms with Crippen molar-refractivity contribution < 1.29 is 28.6 Å². The standard InChI is InChI=1S/C22H38N2O4.C18H34O2.C8H18.C5H10.2C2H6/c1-4-20(13-10-8-6-7-9-11-14-21(25)27-5-2)28-22(26)15-12-17-24-18-16-23-19(24)3;1-3-5-7-9-11-13-15-17-20-18(19)16-14-12-10-8-6-4-2;1-3-5-7-8-6-4-2;1-3-5-4-2;2*1-2/h16,18,20H,4-15,17H2,1-3H3;13,15H,3-12,14,16-17H2,1-2H3;3-8H2,1-2H3;3,5H,4H2,1-2H3;2*1-2H3/b;15-13-;;5-3-;;. The van der Waals surface area contributed by atoms with Crippen LogP contribution in [0.3, 0.4) is 0 Å². The van der Waals surface area contributed by atoms with Gasteiger partial charge < -0.3 is 18.8 Å². The second-order valence-electron chi connectivity index (χ2n) is 16.2. The molecule has 0 aromatic carbocycles. The van der Waals surface area contributed by atoms with Crippen LogP contribution in [-0.2, 0) is 35.1 Å². The molecule has 8 nitrogen and oxygen atoms in total. The molecule has 1 heterocycles. The molecule has 0 radical (unpaired) electrons. The number of unbranched alkanes of at least 4 members (excludes halogenated alkanes) is 19. The van der Waals surface area contributed by atoms with Gasteiger partial charge in [-0.15, -0.1) is 0 Å². The number of imidazole rings is 1. The predicted molar refractivity (Wildman–Crippen MR) is 284 cm³/mol. The molecule has 65 heavy (non-hydrogen) atoms. The molecule has 1 aromatic rings. The summed E-state index contributed by atoms with van der Waals surface area (Å²) in [4.78, 5) is 38.9. The van der Waals surface area contributed by atoms with Crippen LogP contribution in [0.1, 0.15) is 282 Å². The van der Waals surface area contributed by atoms with Crippen LogP contribution in [0.4, 0.5) is 0 Å². The quantitative estimate of drug-likeness (QED) is 0.0286. The zero-order valence-corrected chi connectivity index (χ0v) is 45.7. The van der Waals surface area contributed by atoms with Crippen molar-refractivity contribution in [2.45, 2.75) is 295 Å². The number of ether oxygens (including phenoxy) is 3. The van der Waals surface area contributed by atoms with Crippen LogP contribution in [0.5, 0.6) is 0 Å². The topological polar surface area (TPSA) is 96.7 Å². The second kappa shape index (κ2) is 65.4. The Labute approximate surface area is 405 Å². The van der Waals surface area contributed by atoms with Gasteiger partial charge in [-0.2, -0.15) is 0 Å². The smallest absolute Gasteiger partial charge is 0.306 e. The minimum absolute atomic E-state index is 0.0336. The van der Waals surface area contributed by atoms with Crippen molar-refractivity contribution in [3.63, 3.8) is 0 Å². The zero-order chi connectivity index (χ0) is 49.9. The Kier molecular flexibility index (Phi) is 71.5. The molecular weight excluding hydrogens is 809 g/mol. The highest BCUT2D eigenvalue weighted by Crippen LogP contribution is 2.15. The molecule has 0 spiro atoms. The third kappa shape index (κ3) is 63.2. The Hall–Kier alpha value is -2.90. The molecule has 0 bridgehead atoms. The van der Waals surface area contributed by atoms with Gasteiger partial charge in [-0.25, -0.2) is 4.98 Å². The fraction of sp³-hybridized carbons (Fsp3) is 0.825. The lowest BCUT2D eigenvalue weighted by Gasteiger charge is -2.16. The summed E-state index contributed by atoms with van der Waals surface area (Å²) in [5.74, 6) is 0.746. The SMILES string of the molecule is C/C=C\CC.CC.CC.CCCCCC/C=C\COC(=O)CCCCCCCC.CCCCCCCC.CCOC(=O)CCCCCCCCC(CC)OC(=O)CCCn1ccnc1C. The fourth-order valence-corrected chi connectivity index (χ4v) is 6.43. The number of hydrogen-bond donors (Lipinski definition) is 0. The van der Waals surface area contributed by atoms with E-state index < -0.39 is 0 Å². The molecule has 386 valence electrons. The third-order valence-electron chi connectivity index (χ3n) is 10.3. The number of allylic oxidation sites excluding steroid dienone is 3. The van der Waals surface area contributed by atoms with E-state index in [2.05, 4.69) is 69.3 Å². The monoisotopic (exact) mass is 921 g/mol. The van der Waals surface area contributed by atoms with E-state index in [4.69, 9.17) is 14.2 Å². The highest BCUT2D eigenvalue weighted by molar-refractivity contribution is 5.70. The van der Waals surface area contributed by atoms with Crippen molar-refractivity contribution in [2.24, 2.45) is 0 Å². The largest absolute Gasteiger partial charge is 0.466 e. The van der Waals surface area contributed by atoms with E-state index in [-0.39, 0.29) is 24.0 Å². The first-order valence-electron chi connectivity index (χ1n) is 27.4. The molecule has 0 aliphatic heterocycles. The molecule has 0 aliphatic rings. The first kappa shape index (κ1) is 71.1. The van der Waals surface area contributed by atoms with Gasteiger partial charge in [-0.3, -0.25) is 14.4 Å². The van der Waals surface area contributed by atoms with Crippen molar-refractivity contribution in [1.82, 2.24) is 9.55 Å². The summed E-state index contributed by atoms with van der Waals surface area (Å²) in [5, 5.41) is 0. The van der Waals surface area contributed by atoms with Gasteiger partial charge in [-0.05, 0) is 78.6 Å². The van der Waals surface area contributed by atoms with Gasteiger partial charge >= 0.3 is 17.9 Å². The number of aryl methyl sites for hydroxylation is 2. The normalized spacial score (nSPS) is 10.7. The van der Waals surface area contributed by atoms with Crippen LogP contribution in [0.25, 0.3) is 0 Å². The highest BCUT2D eigenvalue weighted by atomic mass is 16.5. The Balaban J connectivity index is -0.000000280. The number of carbonyl (C=O) groups is 3. The minimum atomic E-state index is -0.0939. The highest BCUT2D eigenvalue weighted by Gasteiger charge is 2.12. The van der Waals surface area contributed by atoms with Gasteiger partial charge in [-0.1, -0.05) is 209 Å². The number of rotatable bonds is 36. The maximum atomic E-state index is 12.0. The average Bonchev–Trinajstić information content (AvgIpc) is 3.73. The average molecular weight is 922 g/mol. The Morgan fingerprint density at radius 2 is 1.03 bits per heavy atom. The summed E-state index contributed by atoms with van der Waals surface area (Å²) in [6.07, 6.45) is 45.9. The van der Waals surface area contributed by atoms with Crippen molar-refractivity contribution in [2.75, 3.05) is 13.2 Å². The summed E-state index contributed by atoms with van der Waals surface area (Å²) in [6, 6.07) is 0. The predicted octanol–water partition coefficient (Wildman–Crippen LogP) is 18.2. The molecule has 0 fully saturated rings. The second-order valence-corrected chi connectivity index (χ2v) is 16.2. The summed E-state index contributed by atoms with van der Waals surface area (Å²) in [5.41, 5.74) is 0.